The molecule has 1 saturated carbocycles. The van der Waals surface area contributed by atoms with Crippen molar-refractivity contribution in [2.45, 2.75) is 25.4 Å². The topological polar surface area (TPSA) is 38.3 Å². The summed E-state index contributed by atoms with van der Waals surface area (Å²) in [4.78, 5) is 11.7. The van der Waals surface area contributed by atoms with Gasteiger partial charge < -0.3 is 10.1 Å². The number of fused-ring (bicyclic) bond motifs is 1. The fourth-order valence-electron chi connectivity index (χ4n) is 2.10. The zero-order valence-corrected chi connectivity index (χ0v) is 11.6. The lowest BCUT2D eigenvalue weighted by atomic mass is 10.1. The van der Waals surface area contributed by atoms with E-state index >= 15 is 0 Å². The molecule has 1 N–H and O–H groups in total. The fraction of sp³-hybridized carbons (Fsp3) is 0.462. The number of ketones is 1. The van der Waals surface area contributed by atoms with E-state index in [1.54, 1.807) is 0 Å². The van der Waals surface area contributed by atoms with Crippen molar-refractivity contribution >= 4 is 34.1 Å². The summed E-state index contributed by atoms with van der Waals surface area (Å²) >= 11 is 2.28. The van der Waals surface area contributed by atoms with Gasteiger partial charge in [-0.05, 0) is 53.6 Å². The molecule has 90 valence electrons. The molecule has 1 atom stereocenters. The molecule has 3 nitrogen and oxygen atoms in total. The lowest BCUT2D eigenvalue weighted by molar-refractivity contribution is -0.121. The number of nitrogens with one attached hydrogen (secondary N) is 1. The highest BCUT2D eigenvalue weighted by Crippen LogP contribution is 2.34. The zero-order valence-electron chi connectivity index (χ0n) is 9.41. The molecule has 1 aliphatic heterocycles. The van der Waals surface area contributed by atoms with E-state index in [9.17, 15) is 4.79 Å². The van der Waals surface area contributed by atoms with Gasteiger partial charge in [0.15, 0.2) is 0 Å². The Morgan fingerprint density at radius 1 is 1.47 bits per heavy atom. The average molecular weight is 343 g/mol. The molecule has 0 unspecified atom stereocenters. The minimum Gasteiger partial charge on any atom is -0.486 e. The van der Waals surface area contributed by atoms with Crippen molar-refractivity contribution in [2.75, 3.05) is 11.9 Å². The number of Topliss-reactive ketones (excluding diaryl/α,β-unsaturated/α-hetero) is 1. The van der Waals surface area contributed by atoms with Gasteiger partial charge in [-0.1, -0.05) is 0 Å². The second-order valence-electron chi connectivity index (χ2n) is 4.71. The maximum Gasteiger partial charge on any atom is 0.143 e. The predicted octanol–water partition coefficient (Wildman–Crippen LogP) is 2.83. The van der Waals surface area contributed by atoms with Gasteiger partial charge in [-0.2, -0.15) is 0 Å². The largest absolute Gasteiger partial charge is 0.486 e. The lowest BCUT2D eigenvalue weighted by Gasteiger charge is -2.27. The van der Waals surface area contributed by atoms with Crippen molar-refractivity contribution in [1.82, 2.24) is 0 Å². The molecule has 0 radical (unpaired) electrons. The summed E-state index contributed by atoms with van der Waals surface area (Å²) in [6, 6.07) is 6.05. The third-order valence-corrected chi connectivity index (χ3v) is 3.89. The zero-order chi connectivity index (χ0) is 11.8. The number of benzene rings is 1. The van der Waals surface area contributed by atoms with Crippen molar-refractivity contribution in [2.24, 2.45) is 5.92 Å². The second kappa shape index (κ2) is 4.48. The molecule has 1 aliphatic carbocycles. The quantitative estimate of drug-likeness (QED) is 0.858. The Morgan fingerprint density at radius 2 is 2.29 bits per heavy atom. The highest BCUT2D eigenvalue weighted by atomic mass is 127. The maximum absolute atomic E-state index is 11.7. The van der Waals surface area contributed by atoms with Gasteiger partial charge in [0.2, 0.25) is 0 Å². The van der Waals surface area contributed by atoms with Gasteiger partial charge in [0.1, 0.15) is 17.6 Å². The van der Waals surface area contributed by atoms with Crippen molar-refractivity contribution in [3.05, 3.63) is 21.8 Å². The lowest BCUT2D eigenvalue weighted by Crippen LogP contribution is -2.33. The summed E-state index contributed by atoms with van der Waals surface area (Å²) in [7, 11) is 0. The molecule has 0 spiro atoms. The third kappa shape index (κ3) is 2.56. The van der Waals surface area contributed by atoms with E-state index in [0.717, 1.165) is 30.8 Å². The number of hydrogen-bond donors (Lipinski definition) is 1. The SMILES string of the molecule is O=C(C[C@H]1CNc2cc(I)ccc2O1)C1CC1. The first-order valence-corrected chi connectivity index (χ1v) is 7.03. The second-order valence-corrected chi connectivity index (χ2v) is 5.95. The van der Waals surface area contributed by atoms with Gasteiger partial charge in [0, 0.05) is 15.9 Å². The van der Waals surface area contributed by atoms with E-state index in [4.69, 9.17) is 4.74 Å². The van der Waals surface area contributed by atoms with Gasteiger partial charge in [0.05, 0.1) is 12.2 Å². The van der Waals surface area contributed by atoms with Crippen LogP contribution in [-0.4, -0.2) is 18.4 Å². The van der Waals surface area contributed by atoms with E-state index in [2.05, 4.69) is 34.0 Å². The van der Waals surface area contributed by atoms with Crippen LogP contribution in [0, 0.1) is 9.49 Å². The average Bonchev–Trinajstić information content (AvgIpc) is 3.13. The Kier molecular flexibility index (Phi) is 2.98. The smallest absolute Gasteiger partial charge is 0.143 e. The Morgan fingerprint density at radius 3 is 3.06 bits per heavy atom. The number of halogens is 1. The minimum absolute atomic E-state index is 0.00402. The number of carbonyl (C=O) groups is 1. The molecule has 1 heterocycles. The van der Waals surface area contributed by atoms with Crippen LogP contribution in [0.3, 0.4) is 0 Å². The van der Waals surface area contributed by atoms with Crippen LogP contribution in [0.1, 0.15) is 19.3 Å². The molecule has 3 rings (SSSR count). The van der Waals surface area contributed by atoms with Gasteiger partial charge in [0.25, 0.3) is 0 Å². The molecular formula is C13H14INO2. The first kappa shape index (κ1) is 11.3. The molecule has 0 bridgehead atoms. The number of hydrogen-bond acceptors (Lipinski definition) is 3. The molecule has 1 aromatic carbocycles. The molecule has 1 fully saturated rings. The molecule has 17 heavy (non-hydrogen) atoms. The molecule has 1 aromatic rings. The molecule has 0 aromatic heterocycles. The number of carbonyl (C=O) groups excluding carboxylic acids is 1. The number of ether oxygens (including phenoxy) is 1. The first-order valence-electron chi connectivity index (χ1n) is 5.95. The van der Waals surface area contributed by atoms with E-state index in [1.165, 1.54) is 3.57 Å². The summed E-state index contributed by atoms with van der Waals surface area (Å²) in [5.74, 6) is 1.56. The standard InChI is InChI=1S/C13H14INO2/c14-9-3-4-13-11(5-9)15-7-10(17-13)6-12(16)8-1-2-8/h3-5,8,10,15H,1-2,6-7H2/t10-/m0/s1. The van der Waals surface area contributed by atoms with Gasteiger partial charge in [-0.25, -0.2) is 0 Å². The van der Waals surface area contributed by atoms with Crippen molar-refractivity contribution in [3.63, 3.8) is 0 Å². The number of anilines is 1. The van der Waals surface area contributed by atoms with E-state index in [-0.39, 0.29) is 6.10 Å². The monoisotopic (exact) mass is 343 g/mol. The van der Waals surface area contributed by atoms with Crippen LogP contribution in [-0.2, 0) is 4.79 Å². The summed E-state index contributed by atoms with van der Waals surface area (Å²) in [6.07, 6.45) is 2.70. The minimum atomic E-state index is -0.00402. The third-order valence-electron chi connectivity index (χ3n) is 3.22. The van der Waals surface area contributed by atoms with Crippen molar-refractivity contribution < 1.29 is 9.53 Å². The Hall–Kier alpha value is -0.780. The van der Waals surface area contributed by atoms with Crippen molar-refractivity contribution in [3.8, 4) is 5.75 Å². The highest BCUT2D eigenvalue weighted by molar-refractivity contribution is 14.1. The van der Waals surface area contributed by atoms with Crippen LogP contribution < -0.4 is 10.1 Å². The maximum atomic E-state index is 11.7. The summed E-state index contributed by atoms with van der Waals surface area (Å²) in [5, 5.41) is 3.34. The van der Waals surface area contributed by atoms with Gasteiger partial charge >= 0.3 is 0 Å². The summed E-state index contributed by atoms with van der Waals surface area (Å²) < 4.78 is 7.03. The van der Waals surface area contributed by atoms with Crippen LogP contribution in [0.25, 0.3) is 0 Å². The molecule has 0 amide bonds. The van der Waals surface area contributed by atoms with Gasteiger partial charge in [-0.3, -0.25) is 4.79 Å². The van der Waals surface area contributed by atoms with Crippen LogP contribution in [0.2, 0.25) is 0 Å². The van der Waals surface area contributed by atoms with Crippen LogP contribution in [0.4, 0.5) is 5.69 Å². The normalized spacial score (nSPS) is 22.3. The summed E-state index contributed by atoms with van der Waals surface area (Å²) in [5.41, 5.74) is 1.03. The van der Waals surface area contributed by atoms with E-state index < -0.39 is 0 Å². The fourth-order valence-corrected chi connectivity index (χ4v) is 2.59. The Labute approximate surface area is 114 Å². The molecular weight excluding hydrogens is 329 g/mol. The summed E-state index contributed by atoms with van der Waals surface area (Å²) in [6.45, 7) is 0.728. The molecule has 2 aliphatic rings. The van der Waals surface area contributed by atoms with Gasteiger partial charge in [-0.15, -0.1) is 0 Å². The van der Waals surface area contributed by atoms with Crippen molar-refractivity contribution in [1.29, 1.82) is 0 Å². The van der Waals surface area contributed by atoms with Crippen LogP contribution >= 0.6 is 22.6 Å². The number of rotatable bonds is 3. The van der Waals surface area contributed by atoms with Crippen LogP contribution in [0.15, 0.2) is 18.2 Å². The predicted molar refractivity (Wildman–Crippen MR) is 74.4 cm³/mol. The molecule has 0 saturated heterocycles. The Bertz CT molecular complexity index is 457. The van der Waals surface area contributed by atoms with Crippen LogP contribution in [0.5, 0.6) is 5.75 Å². The first-order chi connectivity index (χ1) is 8.22. The Balaban J connectivity index is 1.67. The molecule has 4 heteroatoms. The highest BCUT2D eigenvalue weighted by Gasteiger charge is 2.32. The van der Waals surface area contributed by atoms with E-state index in [0.29, 0.717) is 18.1 Å². The van der Waals surface area contributed by atoms with E-state index in [1.807, 2.05) is 12.1 Å².